The largest absolute Gasteiger partial charge is 0.365 e. The van der Waals surface area contributed by atoms with Gasteiger partial charge in [0.15, 0.2) is 5.65 Å². The van der Waals surface area contributed by atoms with Crippen molar-refractivity contribution in [3.63, 3.8) is 0 Å². The van der Waals surface area contributed by atoms with Gasteiger partial charge < -0.3 is 10.2 Å². The molecule has 1 aliphatic heterocycles. The number of carbonyl (C=O) groups excluding carboxylic acids is 1. The number of anilines is 1. The van der Waals surface area contributed by atoms with Crippen LogP contribution in [0, 0.1) is 0 Å². The first-order valence-corrected chi connectivity index (χ1v) is 7.77. The van der Waals surface area contributed by atoms with E-state index < -0.39 is 0 Å². The Bertz CT molecular complexity index is 685. The molecular formula is C13H17BrN6O. The summed E-state index contributed by atoms with van der Waals surface area (Å²) in [6.45, 7) is 3.41. The van der Waals surface area contributed by atoms with Gasteiger partial charge in [0, 0.05) is 32.6 Å². The number of fused-ring (bicyclic) bond motifs is 1. The predicted octanol–water partition coefficient (Wildman–Crippen LogP) is 1.55. The minimum Gasteiger partial charge on any atom is -0.365 e. The standard InChI is InChI=1S/C13H17BrN6O/c1-3-9(21)20-5-4-8(6-20)17-12-10-11(14)18-19(2)13(10)16-7-15-12/h7-8H,3-6H2,1-2H3,(H,15,16,17). The number of hydrogen-bond acceptors (Lipinski definition) is 5. The Labute approximate surface area is 130 Å². The highest BCUT2D eigenvalue weighted by atomic mass is 79.9. The number of rotatable bonds is 3. The van der Waals surface area contributed by atoms with Crippen LogP contribution in [0.15, 0.2) is 10.9 Å². The maximum Gasteiger partial charge on any atom is 0.222 e. The van der Waals surface area contributed by atoms with E-state index in [0.29, 0.717) is 6.42 Å². The van der Waals surface area contributed by atoms with Crippen molar-refractivity contribution in [1.82, 2.24) is 24.6 Å². The van der Waals surface area contributed by atoms with Crippen molar-refractivity contribution in [3.8, 4) is 0 Å². The monoisotopic (exact) mass is 352 g/mol. The Hall–Kier alpha value is -1.70. The van der Waals surface area contributed by atoms with Crippen LogP contribution < -0.4 is 5.32 Å². The lowest BCUT2D eigenvalue weighted by Crippen LogP contribution is -2.31. The Morgan fingerprint density at radius 3 is 3.10 bits per heavy atom. The third-order valence-electron chi connectivity index (χ3n) is 3.76. The van der Waals surface area contributed by atoms with Gasteiger partial charge in [0.05, 0.1) is 5.39 Å². The molecule has 2 aromatic heterocycles. The van der Waals surface area contributed by atoms with Crippen LogP contribution in [0.4, 0.5) is 5.82 Å². The van der Waals surface area contributed by atoms with Crippen molar-refractivity contribution >= 4 is 38.7 Å². The minimum atomic E-state index is 0.203. The Morgan fingerprint density at radius 2 is 2.33 bits per heavy atom. The first kappa shape index (κ1) is 14.2. The van der Waals surface area contributed by atoms with Gasteiger partial charge in [0.1, 0.15) is 16.7 Å². The van der Waals surface area contributed by atoms with Crippen molar-refractivity contribution in [2.24, 2.45) is 7.05 Å². The summed E-state index contributed by atoms with van der Waals surface area (Å²) >= 11 is 3.45. The van der Waals surface area contributed by atoms with Crippen molar-refractivity contribution in [2.75, 3.05) is 18.4 Å². The number of aromatic nitrogens is 4. The second-order valence-electron chi connectivity index (χ2n) is 5.16. The van der Waals surface area contributed by atoms with Gasteiger partial charge >= 0.3 is 0 Å². The molecule has 0 bridgehead atoms. The number of carbonyl (C=O) groups is 1. The lowest BCUT2D eigenvalue weighted by molar-refractivity contribution is -0.129. The van der Waals surface area contributed by atoms with Crippen molar-refractivity contribution in [2.45, 2.75) is 25.8 Å². The SMILES string of the molecule is CCC(=O)N1CCC(Nc2ncnc3c2c(Br)nn3C)C1. The average Bonchev–Trinajstić information content (AvgIpc) is 3.05. The minimum absolute atomic E-state index is 0.203. The smallest absolute Gasteiger partial charge is 0.222 e. The molecule has 8 heteroatoms. The quantitative estimate of drug-likeness (QED) is 0.906. The van der Waals surface area contributed by atoms with E-state index in [0.717, 1.165) is 41.0 Å². The average molecular weight is 353 g/mol. The highest BCUT2D eigenvalue weighted by Gasteiger charge is 2.26. The Kier molecular flexibility index (Phi) is 3.79. The van der Waals surface area contributed by atoms with Gasteiger partial charge in [-0.1, -0.05) is 6.92 Å². The first-order chi connectivity index (χ1) is 10.1. The maximum atomic E-state index is 11.7. The van der Waals surface area contributed by atoms with Crippen LogP contribution >= 0.6 is 15.9 Å². The summed E-state index contributed by atoms with van der Waals surface area (Å²) in [7, 11) is 1.85. The molecule has 0 spiro atoms. The van der Waals surface area contributed by atoms with Crippen LogP contribution in [-0.4, -0.2) is 49.7 Å². The maximum absolute atomic E-state index is 11.7. The summed E-state index contributed by atoms with van der Waals surface area (Å²) < 4.78 is 2.44. The second kappa shape index (κ2) is 5.59. The van der Waals surface area contributed by atoms with Gasteiger partial charge in [-0.05, 0) is 22.4 Å². The molecule has 1 atom stereocenters. The summed E-state index contributed by atoms with van der Waals surface area (Å²) in [5.74, 6) is 0.963. The number of hydrogen-bond donors (Lipinski definition) is 1. The number of amides is 1. The molecule has 0 aliphatic carbocycles. The Balaban J connectivity index is 1.82. The van der Waals surface area contributed by atoms with E-state index in [9.17, 15) is 4.79 Å². The third-order valence-corrected chi connectivity index (χ3v) is 4.32. The van der Waals surface area contributed by atoms with Gasteiger partial charge in [0.2, 0.25) is 5.91 Å². The number of likely N-dealkylation sites (tertiary alicyclic amines) is 1. The molecular weight excluding hydrogens is 336 g/mol. The number of halogens is 1. The fourth-order valence-electron chi connectivity index (χ4n) is 2.67. The molecule has 112 valence electrons. The van der Waals surface area contributed by atoms with Crippen LogP contribution in [0.3, 0.4) is 0 Å². The number of nitrogens with one attached hydrogen (secondary N) is 1. The van der Waals surface area contributed by atoms with E-state index in [-0.39, 0.29) is 11.9 Å². The fraction of sp³-hybridized carbons (Fsp3) is 0.538. The van der Waals surface area contributed by atoms with Gasteiger partial charge in [-0.25, -0.2) is 14.6 Å². The molecule has 3 rings (SSSR count). The van der Waals surface area contributed by atoms with Crippen molar-refractivity contribution in [3.05, 3.63) is 10.9 Å². The van der Waals surface area contributed by atoms with Crippen LogP contribution in [-0.2, 0) is 11.8 Å². The zero-order valence-corrected chi connectivity index (χ0v) is 13.6. The van der Waals surface area contributed by atoms with Crippen LogP contribution in [0.2, 0.25) is 0 Å². The zero-order chi connectivity index (χ0) is 15.0. The van der Waals surface area contributed by atoms with Crippen LogP contribution in [0.1, 0.15) is 19.8 Å². The molecule has 21 heavy (non-hydrogen) atoms. The molecule has 7 nitrogen and oxygen atoms in total. The lowest BCUT2D eigenvalue weighted by atomic mass is 10.2. The van der Waals surface area contributed by atoms with Gasteiger partial charge in [-0.15, -0.1) is 0 Å². The van der Waals surface area contributed by atoms with E-state index in [1.807, 2.05) is 18.9 Å². The van der Waals surface area contributed by atoms with Gasteiger partial charge in [0.25, 0.3) is 0 Å². The van der Waals surface area contributed by atoms with Crippen LogP contribution in [0.25, 0.3) is 11.0 Å². The molecule has 1 saturated heterocycles. The molecule has 0 aromatic carbocycles. The first-order valence-electron chi connectivity index (χ1n) is 6.97. The molecule has 0 radical (unpaired) electrons. The normalized spacial score (nSPS) is 18.4. The molecule has 0 saturated carbocycles. The molecule has 1 amide bonds. The molecule has 1 N–H and O–H groups in total. The summed E-state index contributed by atoms with van der Waals surface area (Å²) in [6.07, 6.45) is 3.01. The fourth-order valence-corrected chi connectivity index (χ4v) is 3.27. The van der Waals surface area contributed by atoms with E-state index >= 15 is 0 Å². The summed E-state index contributed by atoms with van der Waals surface area (Å²) in [4.78, 5) is 22.2. The lowest BCUT2D eigenvalue weighted by Gasteiger charge is -2.16. The van der Waals surface area contributed by atoms with Crippen molar-refractivity contribution in [1.29, 1.82) is 0 Å². The van der Waals surface area contributed by atoms with Gasteiger partial charge in [-0.2, -0.15) is 5.10 Å². The van der Waals surface area contributed by atoms with Gasteiger partial charge in [-0.3, -0.25) is 4.79 Å². The highest BCUT2D eigenvalue weighted by Crippen LogP contribution is 2.28. The van der Waals surface area contributed by atoms with E-state index in [4.69, 9.17) is 0 Å². The summed E-state index contributed by atoms with van der Waals surface area (Å²) in [5, 5.41) is 8.60. The van der Waals surface area contributed by atoms with E-state index in [1.165, 1.54) is 6.33 Å². The molecule has 1 unspecified atom stereocenters. The number of nitrogens with zero attached hydrogens (tertiary/aromatic N) is 5. The van der Waals surface area contributed by atoms with E-state index in [1.54, 1.807) is 4.68 Å². The number of aryl methyl sites for hydroxylation is 1. The second-order valence-corrected chi connectivity index (χ2v) is 5.91. The molecule has 3 heterocycles. The van der Waals surface area contributed by atoms with Crippen molar-refractivity contribution < 1.29 is 4.79 Å². The summed E-state index contributed by atoms with van der Waals surface area (Å²) in [5.41, 5.74) is 0.777. The molecule has 1 fully saturated rings. The molecule has 2 aromatic rings. The highest BCUT2D eigenvalue weighted by molar-refractivity contribution is 9.10. The third kappa shape index (κ3) is 2.59. The van der Waals surface area contributed by atoms with Crippen LogP contribution in [0.5, 0.6) is 0 Å². The Morgan fingerprint density at radius 1 is 1.52 bits per heavy atom. The topological polar surface area (TPSA) is 75.9 Å². The summed E-state index contributed by atoms with van der Waals surface area (Å²) in [6, 6.07) is 0.214. The predicted molar refractivity (Wildman–Crippen MR) is 82.9 cm³/mol. The molecule has 1 aliphatic rings. The zero-order valence-electron chi connectivity index (χ0n) is 12.0. The van der Waals surface area contributed by atoms with E-state index in [2.05, 4.69) is 36.3 Å².